The van der Waals surface area contributed by atoms with Gasteiger partial charge < -0.3 is 19.5 Å². The largest absolute Gasteiger partial charge is 0.384 e. The number of fused-ring (bicyclic) bond motifs is 4. The van der Waals surface area contributed by atoms with Gasteiger partial charge in [-0.05, 0) is 36.6 Å². The molecule has 1 N–H and O–H groups in total. The number of amides is 2. The average molecular weight is 396 g/mol. The highest BCUT2D eigenvalue weighted by molar-refractivity contribution is 5.92. The van der Waals surface area contributed by atoms with E-state index in [0.717, 1.165) is 12.1 Å². The SMILES string of the molecule is COCCC(=O)Nc1ccc2n(c1=O)CC1CC2CN(C(=O)c2ccccn2)C1. The van der Waals surface area contributed by atoms with E-state index in [1.165, 1.54) is 7.11 Å². The number of piperidine rings is 1. The van der Waals surface area contributed by atoms with Gasteiger partial charge in [-0.2, -0.15) is 0 Å². The summed E-state index contributed by atoms with van der Waals surface area (Å²) in [6.45, 7) is 2.01. The number of ether oxygens (including phenoxy) is 1. The van der Waals surface area contributed by atoms with Crippen LogP contribution in [0.2, 0.25) is 0 Å². The zero-order chi connectivity index (χ0) is 20.4. The third-order valence-electron chi connectivity index (χ3n) is 5.58. The van der Waals surface area contributed by atoms with Gasteiger partial charge >= 0.3 is 0 Å². The number of anilines is 1. The standard InChI is InChI=1S/C21H24N4O4/c1-29-9-7-19(26)23-17-5-6-18-15-10-14(12-25(18)21(17)28)11-24(13-15)20(27)16-4-2-3-8-22-16/h2-6,8,14-15H,7,9-13H2,1H3,(H,23,26). The Hall–Kier alpha value is -3.00. The summed E-state index contributed by atoms with van der Waals surface area (Å²) in [4.78, 5) is 43.7. The van der Waals surface area contributed by atoms with Crippen molar-refractivity contribution in [1.29, 1.82) is 0 Å². The van der Waals surface area contributed by atoms with Gasteiger partial charge in [-0.25, -0.2) is 0 Å². The van der Waals surface area contributed by atoms with Gasteiger partial charge in [0.05, 0.1) is 13.0 Å². The van der Waals surface area contributed by atoms with Crippen LogP contribution in [0.1, 0.15) is 34.9 Å². The number of rotatable bonds is 5. The second-order valence-electron chi connectivity index (χ2n) is 7.60. The van der Waals surface area contributed by atoms with Gasteiger partial charge in [0.25, 0.3) is 11.5 Å². The van der Waals surface area contributed by atoms with Crippen molar-refractivity contribution in [2.45, 2.75) is 25.3 Å². The van der Waals surface area contributed by atoms with Crippen LogP contribution in [0.15, 0.2) is 41.3 Å². The van der Waals surface area contributed by atoms with Crippen LogP contribution in [-0.4, -0.2) is 53.1 Å². The Labute approximate surface area is 168 Å². The molecule has 2 aliphatic rings. The lowest BCUT2D eigenvalue weighted by atomic mass is 9.83. The Morgan fingerprint density at radius 2 is 2.07 bits per heavy atom. The number of hydrogen-bond acceptors (Lipinski definition) is 5. The molecule has 0 aliphatic carbocycles. The van der Waals surface area contributed by atoms with Crippen molar-refractivity contribution in [3.63, 3.8) is 0 Å². The fourth-order valence-corrected chi connectivity index (χ4v) is 4.27. The molecular formula is C21H24N4O4. The molecule has 2 atom stereocenters. The van der Waals surface area contributed by atoms with E-state index >= 15 is 0 Å². The first-order valence-corrected chi connectivity index (χ1v) is 9.79. The molecule has 2 amide bonds. The Balaban J connectivity index is 1.54. The maximum Gasteiger partial charge on any atom is 0.274 e. The highest BCUT2D eigenvalue weighted by Gasteiger charge is 2.37. The Morgan fingerprint density at radius 1 is 1.21 bits per heavy atom. The molecule has 4 heterocycles. The van der Waals surface area contributed by atoms with E-state index in [1.54, 1.807) is 29.0 Å². The monoisotopic (exact) mass is 396 g/mol. The average Bonchev–Trinajstić information content (AvgIpc) is 2.74. The van der Waals surface area contributed by atoms with Gasteiger partial charge in [-0.3, -0.25) is 19.4 Å². The summed E-state index contributed by atoms with van der Waals surface area (Å²) < 4.78 is 6.66. The Morgan fingerprint density at radius 3 is 2.83 bits per heavy atom. The highest BCUT2D eigenvalue weighted by atomic mass is 16.5. The molecule has 0 radical (unpaired) electrons. The molecular weight excluding hydrogens is 372 g/mol. The molecule has 152 valence electrons. The molecule has 0 saturated carbocycles. The minimum atomic E-state index is -0.243. The number of methoxy groups -OCH3 is 1. The lowest BCUT2D eigenvalue weighted by Crippen LogP contribution is -2.49. The highest BCUT2D eigenvalue weighted by Crippen LogP contribution is 2.35. The van der Waals surface area contributed by atoms with Crippen LogP contribution >= 0.6 is 0 Å². The van der Waals surface area contributed by atoms with Crippen LogP contribution in [0.25, 0.3) is 0 Å². The van der Waals surface area contributed by atoms with E-state index in [0.29, 0.717) is 31.9 Å². The summed E-state index contributed by atoms with van der Waals surface area (Å²) in [6.07, 6.45) is 2.77. The zero-order valence-electron chi connectivity index (χ0n) is 16.3. The van der Waals surface area contributed by atoms with Gasteiger partial charge in [-0.1, -0.05) is 6.07 Å². The smallest absolute Gasteiger partial charge is 0.274 e. The Bertz CT molecular complexity index is 972. The first-order chi connectivity index (χ1) is 14.1. The van der Waals surface area contributed by atoms with Crippen LogP contribution in [0.3, 0.4) is 0 Å². The lowest BCUT2D eigenvalue weighted by molar-refractivity contribution is -0.117. The molecule has 2 unspecified atom stereocenters. The van der Waals surface area contributed by atoms with Gasteiger partial charge in [0.15, 0.2) is 0 Å². The zero-order valence-corrected chi connectivity index (χ0v) is 16.3. The number of carbonyl (C=O) groups is 2. The summed E-state index contributed by atoms with van der Waals surface area (Å²) >= 11 is 0. The van der Waals surface area contributed by atoms with Crippen molar-refractivity contribution in [1.82, 2.24) is 14.5 Å². The number of aromatic nitrogens is 2. The fourth-order valence-electron chi connectivity index (χ4n) is 4.27. The van der Waals surface area contributed by atoms with E-state index in [4.69, 9.17) is 4.74 Å². The van der Waals surface area contributed by atoms with Crippen LogP contribution in [0.5, 0.6) is 0 Å². The Kier molecular flexibility index (Phi) is 5.44. The molecule has 1 fully saturated rings. The van der Waals surface area contributed by atoms with Crippen molar-refractivity contribution in [2.24, 2.45) is 5.92 Å². The first-order valence-electron chi connectivity index (χ1n) is 9.79. The lowest BCUT2D eigenvalue weighted by Gasteiger charge is -2.42. The first kappa shape index (κ1) is 19.3. The van der Waals surface area contributed by atoms with Crippen molar-refractivity contribution in [3.8, 4) is 0 Å². The number of likely N-dealkylation sites (tertiary alicyclic amines) is 1. The van der Waals surface area contributed by atoms with Crippen LogP contribution in [0, 0.1) is 5.92 Å². The molecule has 1 saturated heterocycles. The second-order valence-corrected chi connectivity index (χ2v) is 7.60. The van der Waals surface area contributed by atoms with Crippen molar-refractivity contribution < 1.29 is 14.3 Å². The summed E-state index contributed by atoms with van der Waals surface area (Å²) in [5, 5.41) is 2.68. The molecule has 2 aromatic rings. The predicted molar refractivity (Wildman–Crippen MR) is 107 cm³/mol. The molecule has 2 aliphatic heterocycles. The van der Waals surface area contributed by atoms with E-state index in [2.05, 4.69) is 10.3 Å². The van der Waals surface area contributed by atoms with Crippen LogP contribution in [0.4, 0.5) is 5.69 Å². The maximum atomic E-state index is 12.9. The molecule has 0 aromatic carbocycles. The summed E-state index contributed by atoms with van der Waals surface area (Å²) in [5.41, 5.74) is 1.46. The van der Waals surface area contributed by atoms with E-state index in [1.807, 2.05) is 17.0 Å². The molecule has 2 aromatic heterocycles. The fraction of sp³-hybridized carbons (Fsp3) is 0.429. The molecule has 2 bridgehead atoms. The van der Waals surface area contributed by atoms with Gasteiger partial charge in [-0.15, -0.1) is 0 Å². The van der Waals surface area contributed by atoms with Crippen molar-refractivity contribution in [2.75, 3.05) is 32.1 Å². The van der Waals surface area contributed by atoms with E-state index < -0.39 is 0 Å². The second kappa shape index (κ2) is 8.16. The topological polar surface area (TPSA) is 93.5 Å². The number of pyridine rings is 2. The maximum absolute atomic E-state index is 12.9. The number of nitrogens with one attached hydrogen (secondary N) is 1. The van der Waals surface area contributed by atoms with Crippen molar-refractivity contribution in [3.05, 3.63) is 58.3 Å². The molecule has 8 nitrogen and oxygen atoms in total. The minimum Gasteiger partial charge on any atom is -0.384 e. The number of hydrogen-bond donors (Lipinski definition) is 1. The van der Waals surface area contributed by atoms with Gasteiger partial charge in [0.2, 0.25) is 5.91 Å². The summed E-state index contributed by atoms with van der Waals surface area (Å²) in [5.74, 6) is -0.0158. The molecule has 8 heteroatoms. The van der Waals surface area contributed by atoms with Gasteiger partial charge in [0, 0.05) is 44.6 Å². The third kappa shape index (κ3) is 3.93. The molecule has 29 heavy (non-hydrogen) atoms. The predicted octanol–water partition coefficient (Wildman–Crippen LogP) is 1.48. The van der Waals surface area contributed by atoms with Crippen LogP contribution < -0.4 is 10.9 Å². The number of nitrogens with zero attached hydrogens (tertiary/aromatic N) is 3. The minimum absolute atomic E-state index is 0.0712. The van der Waals surface area contributed by atoms with Crippen LogP contribution in [-0.2, 0) is 16.1 Å². The summed E-state index contributed by atoms with van der Waals surface area (Å²) in [7, 11) is 1.53. The summed E-state index contributed by atoms with van der Waals surface area (Å²) in [6, 6.07) is 8.88. The quantitative estimate of drug-likeness (QED) is 0.826. The molecule has 0 spiro atoms. The number of carbonyl (C=O) groups excluding carboxylic acids is 2. The van der Waals surface area contributed by atoms with Gasteiger partial charge in [0.1, 0.15) is 11.4 Å². The normalized spacial score (nSPS) is 20.1. The van der Waals surface area contributed by atoms with E-state index in [9.17, 15) is 14.4 Å². The van der Waals surface area contributed by atoms with Crippen molar-refractivity contribution >= 4 is 17.5 Å². The van der Waals surface area contributed by atoms with E-state index in [-0.39, 0.29) is 41.3 Å². The molecule has 4 rings (SSSR count). The third-order valence-corrected chi connectivity index (χ3v) is 5.58.